The maximum Gasteiger partial charge on any atom is 0.136 e. The quantitative estimate of drug-likeness (QED) is 0.149. The summed E-state index contributed by atoms with van der Waals surface area (Å²) < 4.78 is 12.8. The van der Waals surface area contributed by atoms with E-state index in [0.29, 0.717) is 0 Å². The molecule has 0 amide bonds. The molecule has 522 valence electrons. The Labute approximate surface area is 647 Å². The van der Waals surface area contributed by atoms with Crippen molar-refractivity contribution in [1.29, 1.82) is 0 Å². The number of hydrogen-bond acceptors (Lipinski definition) is 2. The van der Waals surface area contributed by atoms with Crippen LogP contribution in [0.25, 0.3) is 230 Å². The van der Waals surface area contributed by atoms with Crippen molar-refractivity contribution in [3.05, 3.63) is 374 Å². The lowest BCUT2D eigenvalue weighted by atomic mass is 9.81. The molecule has 0 saturated carbocycles. The summed E-state index contributed by atoms with van der Waals surface area (Å²) in [4.78, 5) is 0. The van der Waals surface area contributed by atoms with Crippen molar-refractivity contribution in [3.63, 3.8) is 0 Å². The van der Waals surface area contributed by atoms with Crippen LogP contribution in [0, 0.1) is 0 Å². The van der Waals surface area contributed by atoms with Crippen molar-refractivity contribution < 1.29 is 8.83 Å². The van der Waals surface area contributed by atoms with E-state index < -0.39 is 0 Å². The van der Waals surface area contributed by atoms with Crippen molar-refractivity contribution >= 4 is 130 Å². The van der Waals surface area contributed by atoms with Crippen LogP contribution in [0.2, 0.25) is 0 Å². The number of rotatable bonds is 7. The average Bonchev–Trinajstić information content (AvgIpc) is 1.76. The summed E-state index contributed by atoms with van der Waals surface area (Å²) in [6, 6.07) is 133. The highest BCUT2D eigenvalue weighted by molar-refractivity contribution is 6.26. The largest absolute Gasteiger partial charge is 0.456 e. The molecule has 2 aromatic heterocycles. The van der Waals surface area contributed by atoms with Gasteiger partial charge >= 0.3 is 0 Å². The zero-order valence-corrected chi connectivity index (χ0v) is 62.3. The first kappa shape index (κ1) is 63.1. The SMILES string of the molecule is CC1(C)c2cc(-c3ccc(-c4c5ccccc5c(-c5ccc6ccccc6c5)c5cc(-c6ccc7c(-c8ccc(-c9ccc%10c(c9)C(C)(C)c9ccc%11c(ccc%12oc%13ccccc%13c%12%11)c9-%10)cc8)c8ccccc8c(-c8ccc9ccccc9c8)c7c6)ccc45)cc3)ccc2-c2c1ccc1cc3oc4ccccc4c3cc21. The molecule has 0 atom stereocenters. The predicted molar refractivity (Wildman–Crippen MR) is 474 cm³/mol. The minimum absolute atomic E-state index is 0.203. The lowest BCUT2D eigenvalue weighted by molar-refractivity contribution is 0.661. The van der Waals surface area contributed by atoms with Crippen LogP contribution >= 0.6 is 0 Å². The molecule has 2 aliphatic rings. The predicted octanol–water partition coefficient (Wildman–Crippen LogP) is 31.0. The first-order chi connectivity index (χ1) is 55.0. The van der Waals surface area contributed by atoms with Crippen molar-refractivity contribution in [1.82, 2.24) is 0 Å². The van der Waals surface area contributed by atoms with Gasteiger partial charge in [0.25, 0.3) is 0 Å². The van der Waals surface area contributed by atoms with Gasteiger partial charge in [0, 0.05) is 32.4 Å². The summed E-state index contributed by atoms with van der Waals surface area (Å²) >= 11 is 0. The van der Waals surface area contributed by atoms with Crippen LogP contribution in [0.3, 0.4) is 0 Å². The summed E-state index contributed by atoms with van der Waals surface area (Å²) in [6.07, 6.45) is 0. The van der Waals surface area contributed by atoms with Crippen LogP contribution < -0.4 is 0 Å². The minimum Gasteiger partial charge on any atom is -0.456 e. The molecule has 0 aliphatic heterocycles. The third-order valence-electron chi connectivity index (χ3n) is 25.8. The van der Waals surface area contributed by atoms with Gasteiger partial charge in [-0.2, -0.15) is 0 Å². The maximum absolute atomic E-state index is 6.39. The van der Waals surface area contributed by atoms with Crippen molar-refractivity contribution in [2.45, 2.75) is 38.5 Å². The standard InChI is InChI=1S/C110H70O2/c1-109(2)94-52-45-75-61-101-91(78-21-13-15-27-98(78)112-101)62-90(75)107(94)88-49-44-74(60-97(88)109)66-31-37-68(38-32-66)103-80-23-10-12-25-82(80)105(77-40-34-64-18-6-8-20-70(64)56-77)93-58-72(42-47-86(93)103)71-41-46-85-92(57-71)104(76-39-33-63-17-5-7-19-69(63)55-76)81-24-11-9-22-79(81)102(85)67-35-29-65(30-36-67)73-43-48-87-96(59-73)110(3,4)95-53-50-84-83(106(87)95)51-54-100-108(84)89-26-14-16-28-99(89)111-100/h5-62H,1-4H3. The number of furan rings is 2. The molecule has 0 N–H and O–H groups in total. The van der Waals surface area contributed by atoms with Crippen LogP contribution in [0.4, 0.5) is 0 Å². The van der Waals surface area contributed by atoms with Gasteiger partial charge in [-0.3, -0.25) is 0 Å². The zero-order chi connectivity index (χ0) is 74.0. The Bertz CT molecular complexity index is 7580. The summed E-state index contributed by atoms with van der Waals surface area (Å²) in [5, 5.41) is 24.3. The van der Waals surface area contributed by atoms with Crippen LogP contribution in [0.5, 0.6) is 0 Å². The molecule has 22 aromatic rings. The van der Waals surface area contributed by atoms with Crippen molar-refractivity contribution in [2.75, 3.05) is 0 Å². The molecule has 2 aliphatic carbocycles. The fraction of sp³-hybridized carbons (Fsp3) is 0.0545. The third kappa shape index (κ3) is 9.09. The average molecular weight is 1420 g/mol. The van der Waals surface area contributed by atoms with E-state index in [1.807, 2.05) is 0 Å². The highest BCUT2D eigenvalue weighted by Gasteiger charge is 2.39. The Morgan fingerprint density at radius 3 is 1.06 bits per heavy atom. The van der Waals surface area contributed by atoms with E-state index in [-0.39, 0.29) is 10.8 Å². The van der Waals surface area contributed by atoms with E-state index in [9.17, 15) is 0 Å². The van der Waals surface area contributed by atoms with Gasteiger partial charge in [-0.05, 0) is 281 Å². The van der Waals surface area contributed by atoms with Gasteiger partial charge in [0.2, 0.25) is 0 Å². The van der Waals surface area contributed by atoms with Gasteiger partial charge in [-0.25, -0.2) is 0 Å². The molecule has 2 heteroatoms. The third-order valence-corrected chi connectivity index (χ3v) is 25.8. The van der Waals surface area contributed by atoms with Gasteiger partial charge in [-0.15, -0.1) is 0 Å². The van der Waals surface area contributed by atoms with Crippen LogP contribution in [-0.4, -0.2) is 0 Å². The fourth-order valence-electron chi connectivity index (χ4n) is 20.3. The molecule has 2 nitrogen and oxygen atoms in total. The maximum atomic E-state index is 6.39. The zero-order valence-electron chi connectivity index (χ0n) is 62.3. The number of para-hydroxylation sites is 2. The van der Waals surface area contributed by atoms with E-state index in [1.54, 1.807) is 0 Å². The molecule has 0 unspecified atom stereocenters. The van der Waals surface area contributed by atoms with Gasteiger partial charge < -0.3 is 8.83 Å². The Morgan fingerprint density at radius 2 is 0.527 bits per heavy atom. The molecule has 0 radical (unpaired) electrons. The molecule has 2 heterocycles. The monoisotopic (exact) mass is 1420 g/mol. The second-order valence-electron chi connectivity index (χ2n) is 32.4. The van der Waals surface area contributed by atoms with Gasteiger partial charge in [0.1, 0.15) is 22.3 Å². The van der Waals surface area contributed by atoms with E-state index in [0.717, 1.165) is 49.6 Å². The van der Waals surface area contributed by atoms with E-state index in [4.69, 9.17) is 8.83 Å². The van der Waals surface area contributed by atoms with E-state index in [2.05, 4.69) is 380 Å². The molecule has 112 heavy (non-hydrogen) atoms. The Balaban J connectivity index is 0.644. The van der Waals surface area contributed by atoms with Crippen molar-refractivity contribution in [2.24, 2.45) is 0 Å². The highest BCUT2D eigenvalue weighted by Crippen LogP contribution is 2.57. The lowest BCUT2D eigenvalue weighted by Crippen LogP contribution is -2.15. The Kier molecular flexibility index (Phi) is 13.1. The summed E-state index contributed by atoms with van der Waals surface area (Å²) in [7, 11) is 0. The van der Waals surface area contributed by atoms with Gasteiger partial charge in [0.05, 0.1) is 0 Å². The molecular weight excluding hydrogens is 1350 g/mol. The molecule has 20 aromatic carbocycles. The molecule has 24 rings (SSSR count). The first-order valence-electron chi connectivity index (χ1n) is 39.2. The second-order valence-corrected chi connectivity index (χ2v) is 32.4. The lowest BCUT2D eigenvalue weighted by Gasteiger charge is -2.22. The molecule has 0 fully saturated rings. The molecule has 0 bridgehead atoms. The number of fused-ring (bicyclic) bond motifs is 23. The van der Waals surface area contributed by atoms with Crippen molar-refractivity contribution in [3.8, 4) is 100 Å². The summed E-state index contributed by atoms with van der Waals surface area (Å²) in [5.41, 5.74) is 30.8. The van der Waals surface area contributed by atoms with E-state index in [1.165, 1.54) is 203 Å². The van der Waals surface area contributed by atoms with E-state index >= 15 is 0 Å². The summed E-state index contributed by atoms with van der Waals surface area (Å²) in [6.45, 7) is 9.57. The Morgan fingerprint density at radius 1 is 0.170 bits per heavy atom. The fourth-order valence-corrected chi connectivity index (χ4v) is 20.3. The second kappa shape index (κ2) is 23.3. The normalized spacial score (nSPS) is 13.5. The number of hydrogen-bond donors (Lipinski definition) is 0. The smallest absolute Gasteiger partial charge is 0.136 e. The van der Waals surface area contributed by atoms with Crippen LogP contribution in [0.1, 0.15) is 49.9 Å². The molecular formula is C110H70O2. The van der Waals surface area contributed by atoms with Crippen LogP contribution in [0.15, 0.2) is 361 Å². The summed E-state index contributed by atoms with van der Waals surface area (Å²) in [5.74, 6) is 0. The molecule has 0 spiro atoms. The minimum atomic E-state index is -0.203. The van der Waals surface area contributed by atoms with Gasteiger partial charge in [0.15, 0.2) is 0 Å². The highest BCUT2D eigenvalue weighted by atomic mass is 16.3. The number of benzene rings is 20. The van der Waals surface area contributed by atoms with Gasteiger partial charge in [-0.1, -0.05) is 307 Å². The Hall–Kier alpha value is -13.9. The topological polar surface area (TPSA) is 26.3 Å². The molecule has 0 saturated heterocycles. The van der Waals surface area contributed by atoms with Crippen LogP contribution in [-0.2, 0) is 10.8 Å². The first-order valence-corrected chi connectivity index (χ1v) is 39.2.